The summed E-state index contributed by atoms with van der Waals surface area (Å²) in [5.41, 5.74) is 7.26. The molecule has 0 bridgehead atoms. The van der Waals surface area contributed by atoms with Crippen molar-refractivity contribution in [1.82, 2.24) is 10.2 Å². The van der Waals surface area contributed by atoms with Gasteiger partial charge >= 0.3 is 6.09 Å². The number of rotatable bonds is 11. The van der Waals surface area contributed by atoms with Gasteiger partial charge in [-0.3, -0.25) is 14.4 Å². The van der Waals surface area contributed by atoms with Gasteiger partial charge in [-0.25, -0.2) is 4.79 Å². The standard InChI is InChI=1S/C29H37ClN4O5/c1-7-16-34(27(37)22(17-23(31)35)32-28(38)39-29(4,5)6)25(20-14-12-19(8-2)13-15-20)26(36)33-24-18(3)10-9-11-21(24)30/h7,9-15,22,25H,1,8,16-17H2,2-6H3,(H2,31,35)(H,32,38)(H,33,36). The molecule has 9 nitrogen and oxygen atoms in total. The predicted molar refractivity (Wildman–Crippen MR) is 152 cm³/mol. The normalized spacial score (nSPS) is 12.6. The lowest BCUT2D eigenvalue weighted by Crippen LogP contribution is -2.53. The van der Waals surface area contributed by atoms with Gasteiger partial charge in [0.15, 0.2) is 0 Å². The van der Waals surface area contributed by atoms with Crippen LogP contribution in [-0.2, 0) is 25.5 Å². The number of anilines is 1. The van der Waals surface area contributed by atoms with Crippen LogP contribution in [0.3, 0.4) is 0 Å². The zero-order chi connectivity index (χ0) is 29.3. The van der Waals surface area contributed by atoms with Crippen LogP contribution in [0.2, 0.25) is 5.02 Å². The number of hydrogen-bond donors (Lipinski definition) is 3. The highest BCUT2D eigenvalue weighted by Crippen LogP contribution is 2.29. The number of aryl methyl sites for hydroxylation is 2. The summed E-state index contributed by atoms with van der Waals surface area (Å²) in [7, 11) is 0. The number of carbonyl (C=O) groups is 4. The fraction of sp³-hybridized carbons (Fsp3) is 0.379. The molecule has 0 aliphatic carbocycles. The number of primary amides is 1. The summed E-state index contributed by atoms with van der Waals surface area (Å²) in [4.78, 5) is 53.4. The first-order chi connectivity index (χ1) is 18.3. The summed E-state index contributed by atoms with van der Waals surface area (Å²) in [6, 6.07) is 9.92. The third-order valence-electron chi connectivity index (χ3n) is 5.74. The Morgan fingerprint density at radius 3 is 2.28 bits per heavy atom. The highest BCUT2D eigenvalue weighted by Gasteiger charge is 2.36. The minimum atomic E-state index is -1.38. The van der Waals surface area contributed by atoms with Gasteiger partial charge in [0, 0.05) is 6.54 Å². The lowest BCUT2D eigenvalue weighted by Gasteiger charge is -2.33. The van der Waals surface area contributed by atoms with Crippen LogP contribution in [-0.4, -0.2) is 46.9 Å². The third kappa shape index (κ3) is 9.14. The van der Waals surface area contributed by atoms with Crippen LogP contribution in [0, 0.1) is 6.92 Å². The van der Waals surface area contributed by atoms with Crippen molar-refractivity contribution in [2.24, 2.45) is 5.73 Å². The molecule has 0 spiro atoms. The van der Waals surface area contributed by atoms with Gasteiger partial charge in [0.1, 0.15) is 17.7 Å². The number of alkyl carbamates (subject to hydrolysis) is 1. The van der Waals surface area contributed by atoms with E-state index < -0.39 is 47.9 Å². The first kappa shape index (κ1) is 31.4. The molecule has 0 fully saturated rings. The predicted octanol–water partition coefficient (Wildman–Crippen LogP) is 4.67. The van der Waals surface area contributed by atoms with Crippen molar-refractivity contribution in [3.05, 3.63) is 76.8 Å². The fourth-order valence-electron chi connectivity index (χ4n) is 3.90. The minimum absolute atomic E-state index is 0.0702. The maximum Gasteiger partial charge on any atom is 0.408 e. The van der Waals surface area contributed by atoms with Crippen LogP contribution in [0.25, 0.3) is 0 Å². The number of ether oxygens (including phenoxy) is 1. The van der Waals surface area contributed by atoms with E-state index in [1.54, 1.807) is 58.0 Å². The monoisotopic (exact) mass is 556 g/mol. The molecule has 0 aromatic heterocycles. The molecular weight excluding hydrogens is 520 g/mol. The minimum Gasteiger partial charge on any atom is -0.444 e. The van der Waals surface area contributed by atoms with E-state index in [-0.39, 0.29) is 6.54 Å². The Morgan fingerprint density at radius 2 is 1.77 bits per heavy atom. The van der Waals surface area contributed by atoms with Crippen LogP contribution in [0.4, 0.5) is 10.5 Å². The molecule has 2 aromatic carbocycles. The molecule has 4 N–H and O–H groups in total. The fourth-order valence-corrected chi connectivity index (χ4v) is 4.17. The maximum atomic E-state index is 13.9. The second-order valence-corrected chi connectivity index (χ2v) is 10.5. The Labute approximate surface area is 234 Å². The number of nitrogens with one attached hydrogen (secondary N) is 2. The van der Waals surface area contributed by atoms with Gasteiger partial charge in [-0.15, -0.1) is 6.58 Å². The van der Waals surface area contributed by atoms with E-state index in [2.05, 4.69) is 17.2 Å². The van der Waals surface area contributed by atoms with E-state index in [0.29, 0.717) is 16.3 Å². The number of amides is 4. The van der Waals surface area contributed by atoms with Gasteiger partial charge in [0.2, 0.25) is 11.8 Å². The SMILES string of the molecule is C=CCN(C(=O)C(CC(N)=O)NC(=O)OC(C)(C)C)C(C(=O)Nc1c(C)cccc1Cl)c1ccc(CC)cc1. The molecule has 10 heteroatoms. The summed E-state index contributed by atoms with van der Waals surface area (Å²) < 4.78 is 5.28. The van der Waals surface area contributed by atoms with Gasteiger partial charge in [0.25, 0.3) is 5.91 Å². The third-order valence-corrected chi connectivity index (χ3v) is 6.05. The van der Waals surface area contributed by atoms with Crippen molar-refractivity contribution >= 4 is 41.1 Å². The van der Waals surface area contributed by atoms with Crippen molar-refractivity contribution in [1.29, 1.82) is 0 Å². The molecule has 0 saturated heterocycles. The molecule has 0 saturated carbocycles. The van der Waals surface area contributed by atoms with E-state index in [1.807, 2.05) is 19.1 Å². The molecule has 0 heterocycles. The molecule has 2 aromatic rings. The largest absolute Gasteiger partial charge is 0.444 e. The Hall–Kier alpha value is -3.85. The zero-order valence-electron chi connectivity index (χ0n) is 23.0. The Balaban J connectivity index is 2.56. The van der Waals surface area contributed by atoms with Gasteiger partial charge < -0.3 is 26.0 Å². The van der Waals surface area contributed by atoms with Gasteiger partial charge in [-0.1, -0.05) is 61.0 Å². The Morgan fingerprint density at radius 1 is 1.13 bits per heavy atom. The van der Waals surface area contributed by atoms with E-state index in [0.717, 1.165) is 17.5 Å². The first-order valence-electron chi connectivity index (χ1n) is 12.6. The summed E-state index contributed by atoms with van der Waals surface area (Å²) >= 11 is 6.36. The second-order valence-electron chi connectivity index (χ2n) is 10.1. The summed E-state index contributed by atoms with van der Waals surface area (Å²) in [6.45, 7) is 12.5. The number of para-hydroxylation sites is 1. The summed E-state index contributed by atoms with van der Waals surface area (Å²) in [5, 5.41) is 5.62. The molecule has 4 amide bonds. The lowest BCUT2D eigenvalue weighted by molar-refractivity contribution is -0.141. The molecule has 210 valence electrons. The van der Waals surface area contributed by atoms with E-state index in [9.17, 15) is 19.2 Å². The van der Waals surface area contributed by atoms with Crippen molar-refractivity contribution in [3.63, 3.8) is 0 Å². The molecular formula is C29H37ClN4O5. The van der Waals surface area contributed by atoms with Crippen molar-refractivity contribution in [3.8, 4) is 0 Å². The van der Waals surface area contributed by atoms with E-state index in [1.165, 1.54) is 11.0 Å². The van der Waals surface area contributed by atoms with Crippen LogP contribution >= 0.6 is 11.6 Å². The number of benzene rings is 2. The number of carbonyl (C=O) groups excluding carboxylic acids is 4. The number of nitrogens with two attached hydrogens (primary N) is 1. The van der Waals surface area contributed by atoms with Crippen LogP contribution < -0.4 is 16.4 Å². The molecule has 2 unspecified atom stereocenters. The highest BCUT2D eigenvalue weighted by atomic mass is 35.5. The van der Waals surface area contributed by atoms with Crippen molar-refractivity contribution in [2.75, 3.05) is 11.9 Å². The number of nitrogens with zero attached hydrogens (tertiary/aromatic N) is 1. The molecule has 0 aliphatic heterocycles. The number of hydrogen-bond acceptors (Lipinski definition) is 5. The smallest absolute Gasteiger partial charge is 0.408 e. The second kappa shape index (κ2) is 13.8. The molecule has 2 atom stereocenters. The van der Waals surface area contributed by atoms with Gasteiger partial charge in [-0.05, 0) is 56.9 Å². The quantitative estimate of drug-likeness (QED) is 0.346. The molecule has 39 heavy (non-hydrogen) atoms. The van der Waals surface area contributed by atoms with Crippen LogP contribution in [0.1, 0.15) is 56.8 Å². The van der Waals surface area contributed by atoms with E-state index in [4.69, 9.17) is 22.1 Å². The summed E-state index contributed by atoms with van der Waals surface area (Å²) in [5.74, 6) is -2.07. The molecule has 0 aliphatic rings. The first-order valence-corrected chi connectivity index (χ1v) is 13.0. The maximum absolute atomic E-state index is 13.9. The topological polar surface area (TPSA) is 131 Å². The number of halogens is 1. The lowest BCUT2D eigenvalue weighted by atomic mass is 9.99. The summed E-state index contributed by atoms with van der Waals surface area (Å²) in [6.07, 6.45) is 0.832. The Kier molecular flexibility index (Phi) is 11.1. The van der Waals surface area contributed by atoms with Gasteiger partial charge in [0.05, 0.1) is 17.1 Å². The molecule has 0 radical (unpaired) electrons. The average Bonchev–Trinajstić information content (AvgIpc) is 2.84. The van der Waals surface area contributed by atoms with Crippen LogP contribution in [0.5, 0.6) is 0 Å². The van der Waals surface area contributed by atoms with Crippen molar-refractivity contribution < 1.29 is 23.9 Å². The zero-order valence-corrected chi connectivity index (χ0v) is 23.8. The Bertz CT molecular complexity index is 1190. The average molecular weight is 557 g/mol. The highest BCUT2D eigenvalue weighted by molar-refractivity contribution is 6.34. The van der Waals surface area contributed by atoms with E-state index >= 15 is 0 Å². The molecule has 2 rings (SSSR count). The van der Waals surface area contributed by atoms with Crippen molar-refractivity contribution in [2.45, 2.75) is 65.1 Å². The van der Waals surface area contributed by atoms with Gasteiger partial charge in [-0.2, -0.15) is 0 Å². The van der Waals surface area contributed by atoms with Crippen LogP contribution in [0.15, 0.2) is 55.1 Å².